The van der Waals surface area contributed by atoms with Gasteiger partial charge in [-0.15, -0.1) is 0 Å². The van der Waals surface area contributed by atoms with Crippen LogP contribution in [0.5, 0.6) is 0 Å². The van der Waals surface area contributed by atoms with Gasteiger partial charge in [-0.25, -0.2) is 13.5 Å². The van der Waals surface area contributed by atoms with Crippen LogP contribution in [0, 0.1) is 6.92 Å². The molecule has 2 aliphatic heterocycles. The molecule has 2 aromatic carbocycles. The number of piperazine rings is 1. The van der Waals surface area contributed by atoms with Crippen LogP contribution in [0.2, 0.25) is 0 Å². The van der Waals surface area contributed by atoms with Gasteiger partial charge in [0.1, 0.15) is 5.69 Å². The Morgan fingerprint density at radius 3 is 2.60 bits per heavy atom. The first-order chi connectivity index (χ1) is 16.8. The highest BCUT2D eigenvalue weighted by atomic mass is 32.2. The van der Waals surface area contributed by atoms with Crippen LogP contribution in [-0.2, 0) is 9.71 Å². The maximum atomic E-state index is 13.5. The topological polar surface area (TPSA) is 93.7 Å². The van der Waals surface area contributed by atoms with E-state index in [9.17, 15) is 9.00 Å². The molecule has 1 unspecified atom stereocenters. The number of benzene rings is 2. The van der Waals surface area contributed by atoms with Crippen molar-refractivity contribution in [1.82, 2.24) is 19.6 Å². The molecule has 182 valence electrons. The second kappa shape index (κ2) is 8.95. The van der Waals surface area contributed by atoms with Crippen molar-refractivity contribution in [2.45, 2.75) is 11.8 Å². The summed E-state index contributed by atoms with van der Waals surface area (Å²) in [5.41, 5.74) is 3.75. The van der Waals surface area contributed by atoms with E-state index in [2.05, 4.69) is 21.5 Å². The maximum Gasteiger partial charge on any atom is 0.260 e. The summed E-state index contributed by atoms with van der Waals surface area (Å²) in [5.74, 6) is 4.94. The SMILES string of the molecule is C=S(=O)(c1cccc(Nc2ncc3c(n2)N(C)c2ccc(C)cc2C(=O)N3C)c1)N1CCNCC1. The number of nitrogens with one attached hydrogen (secondary N) is 2. The molecule has 0 radical (unpaired) electrons. The fourth-order valence-electron chi connectivity index (χ4n) is 4.42. The van der Waals surface area contributed by atoms with E-state index in [0.29, 0.717) is 46.7 Å². The lowest BCUT2D eigenvalue weighted by Gasteiger charge is -2.30. The predicted octanol–water partition coefficient (Wildman–Crippen LogP) is 2.78. The zero-order chi connectivity index (χ0) is 24.7. The Morgan fingerprint density at radius 1 is 1.06 bits per heavy atom. The normalized spacial score (nSPS) is 17.9. The van der Waals surface area contributed by atoms with E-state index in [1.807, 2.05) is 65.6 Å². The lowest BCUT2D eigenvalue weighted by atomic mass is 10.1. The average molecular weight is 492 g/mol. The summed E-state index contributed by atoms with van der Waals surface area (Å²) in [6, 6.07) is 13.2. The first kappa shape index (κ1) is 23.3. The molecule has 1 fully saturated rings. The largest absolute Gasteiger partial charge is 0.327 e. The summed E-state index contributed by atoms with van der Waals surface area (Å²) in [6.07, 6.45) is 1.65. The molecule has 9 nitrogen and oxygen atoms in total. The number of carbonyl (C=O) groups excluding carboxylic acids is 1. The van der Waals surface area contributed by atoms with Gasteiger partial charge in [0.25, 0.3) is 5.91 Å². The first-order valence-electron chi connectivity index (χ1n) is 11.5. The second-order valence-electron chi connectivity index (χ2n) is 8.82. The third-order valence-corrected chi connectivity index (χ3v) is 8.62. The minimum atomic E-state index is -2.60. The number of nitrogens with zero attached hydrogens (tertiary/aromatic N) is 5. The smallest absolute Gasteiger partial charge is 0.260 e. The Morgan fingerprint density at radius 2 is 1.83 bits per heavy atom. The summed E-state index contributed by atoms with van der Waals surface area (Å²) in [7, 11) is 1.03. The Bertz CT molecular complexity index is 1400. The third-order valence-electron chi connectivity index (χ3n) is 6.43. The number of hydrogen-bond donors (Lipinski definition) is 2. The highest BCUT2D eigenvalue weighted by molar-refractivity contribution is 7.98. The molecule has 0 spiro atoms. The molecule has 2 N–H and O–H groups in total. The number of fused-ring (bicyclic) bond motifs is 2. The number of aromatic nitrogens is 2. The zero-order valence-electron chi connectivity index (χ0n) is 20.1. The first-order valence-corrected chi connectivity index (χ1v) is 13.1. The minimum absolute atomic E-state index is 0.107. The highest BCUT2D eigenvalue weighted by Crippen LogP contribution is 2.38. The van der Waals surface area contributed by atoms with Crippen molar-refractivity contribution in [3.63, 3.8) is 0 Å². The van der Waals surface area contributed by atoms with E-state index < -0.39 is 9.71 Å². The molecule has 0 saturated carbocycles. The van der Waals surface area contributed by atoms with Crippen LogP contribution in [0.15, 0.2) is 53.6 Å². The van der Waals surface area contributed by atoms with Crippen LogP contribution >= 0.6 is 0 Å². The van der Waals surface area contributed by atoms with E-state index in [1.54, 1.807) is 18.1 Å². The zero-order valence-corrected chi connectivity index (χ0v) is 20.9. The summed E-state index contributed by atoms with van der Waals surface area (Å²) < 4.78 is 15.4. The van der Waals surface area contributed by atoms with Gasteiger partial charge < -0.3 is 20.4 Å². The molecule has 10 heteroatoms. The van der Waals surface area contributed by atoms with Crippen LogP contribution in [-0.4, -0.2) is 70.5 Å². The second-order valence-corrected chi connectivity index (χ2v) is 11.1. The summed E-state index contributed by atoms with van der Waals surface area (Å²) in [6.45, 7) is 4.93. The molecule has 1 amide bonds. The van der Waals surface area contributed by atoms with Gasteiger partial charge in [-0.2, -0.15) is 4.98 Å². The van der Waals surface area contributed by atoms with E-state index in [4.69, 9.17) is 4.98 Å². The molecule has 3 heterocycles. The van der Waals surface area contributed by atoms with E-state index >= 15 is 0 Å². The van der Waals surface area contributed by atoms with Crippen LogP contribution < -0.4 is 20.4 Å². The Kier molecular flexibility index (Phi) is 5.96. The number of hydrogen-bond acceptors (Lipinski definition) is 7. The van der Waals surface area contributed by atoms with Gasteiger partial charge >= 0.3 is 0 Å². The average Bonchev–Trinajstić information content (AvgIpc) is 2.94. The lowest BCUT2D eigenvalue weighted by molar-refractivity contribution is 0.0994. The number of rotatable bonds is 4. The van der Waals surface area contributed by atoms with E-state index in [-0.39, 0.29) is 5.91 Å². The predicted molar refractivity (Wildman–Crippen MR) is 142 cm³/mol. The Hall–Kier alpha value is -3.47. The van der Waals surface area contributed by atoms with Crippen LogP contribution in [0.1, 0.15) is 15.9 Å². The molecular weight excluding hydrogens is 462 g/mol. The standard InChI is InChI=1S/C25H29N7O2S/c1-17-8-9-21-20(14-17)24(33)31(3)22-16-27-25(29-23(22)30(21)2)28-18-6-5-7-19(15-18)35(4,34)32-12-10-26-11-13-32/h5-9,14-16,26H,4,10-13H2,1-3H3,(H,27,28,29). The highest BCUT2D eigenvalue weighted by Gasteiger charge is 2.29. The molecule has 3 aromatic rings. The third kappa shape index (κ3) is 4.24. The van der Waals surface area contributed by atoms with Gasteiger partial charge in [0.05, 0.1) is 27.2 Å². The van der Waals surface area contributed by atoms with Crippen molar-refractivity contribution in [2.24, 2.45) is 0 Å². The fraction of sp³-hybridized carbons (Fsp3) is 0.280. The number of amides is 1. The van der Waals surface area contributed by atoms with Gasteiger partial charge in [0.15, 0.2) is 5.82 Å². The van der Waals surface area contributed by atoms with Crippen molar-refractivity contribution < 1.29 is 9.00 Å². The quantitative estimate of drug-likeness (QED) is 0.542. The molecule has 35 heavy (non-hydrogen) atoms. The van der Waals surface area contributed by atoms with Crippen molar-refractivity contribution in [2.75, 3.05) is 55.4 Å². The van der Waals surface area contributed by atoms with Gasteiger partial charge in [-0.1, -0.05) is 17.7 Å². The molecule has 1 atom stereocenters. The Balaban J connectivity index is 1.47. The molecule has 1 aromatic heterocycles. The molecule has 5 rings (SSSR count). The van der Waals surface area contributed by atoms with Crippen molar-refractivity contribution in [3.8, 4) is 0 Å². The van der Waals surface area contributed by atoms with Crippen molar-refractivity contribution in [1.29, 1.82) is 0 Å². The van der Waals surface area contributed by atoms with Gasteiger partial charge in [0.2, 0.25) is 5.95 Å². The molecule has 1 saturated heterocycles. The maximum absolute atomic E-state index is 13.5. The lowest BCUT2D eigenvalue weighted by Crippen LogP contribution is -2.46. The summed E-state index contributed by atoms with van der Waals surface area (Å²) in [5, 5.41) is 6.51. The van der Waals surface area contributed by atoms with Crippen molar-refractivity contribution in [3.05, 3.63) is 59.8 Å². The fourth-order valence-corrected chi connectivity index (χ4v) is 6.09. The number of anilines is 5. The molecule has 0 aliphatic carbocycles. The van der Waals surface area contributed by atoms with E-state index in [1.165, 1.54) is 0 Å². The number of aryl methyl sites for hydroxylation is 1. The minimum Gasteiger partial charge on any atom is -0.327 e. The number of carbonyl (C=O) groups is 1. The summed E-state index contributed by atoms with van der Waals surface area (Å²) in [4.78, 5) is 26.5. The van der Waals surface area contributed by atoms with Gasteiger partial charge in [-0.3, -0.25) is 4.79 Å². The van der Waals surface area contributed by atoms with Crippen LogP contribution in [0.25, 0.3) is 0 Å². The molecule has 0 bridgehead atoms. The van der Waals surface area contributed by atoms with Gasteiger partial charge in [-0.05, 0) is 43.1 Å². The van der Waals surface area contributed by atoms with Crippen molar-refractivity contribution >= 4 is 50.3 Å². The van der Waals surface area contributed by atoms with Crippen LogP contribution in [0.3, 0.4) is 0 Å². The Labute approximate surface area is 205 Å². The van der Waals surface area contributed by atoms with Crippen LogP contribution in [0.4, 0.5) is 28.8 Å². The molecule has 2 aliphatic rings. The van der Waals surface area contributed by atoms with E-state index in [0.717, 1.165) is 24.3 Å². The summed E-state index contributed by atoms with van der Waals surface area (Å²) >= 11 is 0. The molecular formula is C25H29N7O2S. The van der Waals surface area contributed by atoms with Gasteiger partial charge in [0, 0.05) is 50.9 Å². The monoisotopic (exact) mass is 491 g/mol.